The lowest BCUT2D eigenvalue weighted by Crippen LogP contribution is -2.46. The van der Waals surface area contributed by atoms with Crippen LogP contribution in [0.15, 0.2) is 54.4 Å². The summed E-state index contributed by atoms with van der Waals surface area (Å²) in [7, 11) is 2.02. The Morgan fingerprint density at radius 3 is 2.46 bits per heavy atom. The van der Waals surface area contributed by atoms with Crippen molar-refractivity contribution >= 4 is 23.3 Å². The van der Waals surface area contributed by atoms with E-state index in [0.29, 0.717) is 30.4 Å². The predicted octanol–water partition coefficient (Wildman–Crippen LogP) is 5.86. The molecule has 0 aromatic heterocycles. The fourth-order valence-electron chi connectivity index (χ4n) is 3.53. The van der Waals surface area contributed by atoms with Crippen LogP contribution in [0.3, 0.4) is 0 Å². The van der Waals surface area contributed by atoms with Gasteiger partial charge in [0.2, 0.25) is 5.91 Å². The molecular weight excluding hydrogens is 465 g/mol. The van der Waals surface area contributed by atoms with Crippen molar-refractivity contribution in [3.8, 4) is 0 Å². The summed E-state index contributed by atoms with van der Waals surface area (Å²) in [5.41, 5.74) is 2.52. The van der Waals surface area contributed by atoms with Gasteiger partial charge in [0.25, 0.3) is 0 Å². The molecular formula is C28H41ClFN3O2. The van der Waals surface area contributed by atoms with Crippen molar-refractivity contribution in [2.75, 3.05) is 39.8 Å². The highest BCUT2D eigenvalue weighted by Gasteiger charge is 2.25. The van der Waals surface area contributed by atoms with Crippen molar-refractivity contribution in [3.63, 3.8) is 0 Å². The Bertz CT molecular complexity index is 913. The van der Waals surface area contributed by atoms with Gasteiger partial charge in [0.15, 0.2) is 5.78 Å². The van der Waals surface area contributed by atoms with E-state index in [9.17, 15) is 14.0 Å². The largest absolute Gasteiger partial charge is 0.340 e. The molecule has 0 saturated carbocycles. The van der Waals surface area contributed by atoms with Crippen molar-refractivity contribution in [2.45, 2.75) is 53.4 Å². The minimum atomic E-state index is -0.269. The van der Waals surface area contributed by atoms with E-state index in [2.05, 4.69) is 32.3 Å². The Labute approximate surface area is 215 Å². The average molecular weight is 506 g/mol. The molecule has 1 aliphatic rings. The number of halogens is 2. The van der Waals surface area contributed by atoms with E-state index in [1.54, 1.807) is 24.0 Å². The van der Waals surface area contributed by atoms with E-state index >= 15 is 0 Å². The van der Waals surface area contributed by atoms with Crippen molar-refractivity contribution in [1.82, 2.24) is 14.7 Å². The Hall–Kier alpha value is -2.44. The highest BCUT2D eigenvalue weighted by molar-refractivity contribution is 6.31. The van der Waals surface area contributed by atoms with Crippen LogP contribution in [-0.2, 0) is 16.0 Å². The predicted molar refractivity (Wildman–Crippen MR) is 144 cm³/mol. The van der Waals surface area contributed by atoms with Crippen LogP contribution in [0.5, 0.6) is 0 Å². The zero-order chi connectivity index (χ0) is 26.4. The number of likely N-dealkylation sites (N-methyl/N-ethyl adjacent to an activating group) is 1. The van der Waals surface area contributed by atoms with Crippen LogP contribution in [-0.4, -0.2) is 66.2 Å². The molecule has 7 heteroatoms. The van der Waals surface area contributed by atoms with Crippen LogP contribution in [0.1, 0.15) is 52.5 Å². The van der Waals surface area contributed by atoms with Gasteiger partial charge < -0.3 is 14.7 Å². The Morgan fingerprint density at radius 2 is 1.91 bits per heavy atom. The maximum absolute atomic E-state index is 12.5. The van der Waals surface area contributed by atoms with Gasteiger partial charge in [-0.1, -0.05) is 70.0 Å². The molecule has 194 valence electrons. The standard InChI is InChI=1S/C19H31N3O2.C9H10ClF/c1-6-8-10-18(17(4)23)22-14-13-21(15-16(22)3)19(24)11-9-12-20(5)7-2;1-2-3-7-4-5-8(11)6-9(7)10/h9-11H,3,6-8,12-15H2,1-2,4-5H3;4-6H,2-3H2,1H3/b11-9+,18-10-;. The quantitative estimate of drug-likeness (QED) is 0.374. The number of Topliss-reactive ketones (excluding diaryl/α,β-unsaturated/α-hetero) is 1. The molecule has 0 N–H and O–H groups in total. The van der Waals surface area contributed by atoms with Gasteiger partial charge in [0.05, 0.1) is 12.2 Å². The molecule has 0 bridgehead atoms. The number of hydrogen-bond acceptors (Lipinski definition) is 4. The summed E-state index contributed by atoms with van der Waals surface area (Å²) < 4.78 is 12.5. The topological polar surface area (TPSA) is 43.9 Å². The number of carbonyl (C=O) groups excluding carboxylic acids is 2. The lowest BCUT2D eigenvalue weighted by Gasteiger charge is -2.38. The summed E-state index contributed by atoms with van der Waals surface area (Å²) in [5, 5.41) is 0.534. The van der Waals surface area contributed by atoms with Gasteiger partial charge in [-0.05, 0) is 44.1 Å². The molecule has 1 aromatic rings. The van der Waals surface area contributed by atoms with Gasteiger partial charge in [0.1, 0.15) is 5.82 Å². The van der Waals surface area contributed by atoms with E-state index in [0.717, 1.165) is 50.0 Å². The summed E-state index contributed by atoms with van der Waals surface area (Å²) in [4.78, 5) is 30.0. The fourth-order valence-corrected chi connectivity index (χ4v) is 3.79. The normalized spacial score (nSPS) is 14.4. The second-order valence-corrected chi connectivity index (χ2v) is 9.06. The van der Waals surface area contributed by atoms with Gasteiger partial charge >= 0.3 is 0 Å². The molecule has 0 unspecified atom stereocenters. The second-order valence-electron chi connectivity index (χ2n) is 8.65. The van der Waals surface area contributed by atoms with Gasteiger partial charge in [0, 0.05) is 43.4 Å². The Balaban J connectivity index is 0.000000462. The highest BCUT2D eigenvalue weighted by atomic mass is 35.5. The summed E-state index contributed by atoms with van der Waals surface area (Å²) in [6, 6.07) is 4.53. The number of unbranched alkanes of at least 4 members (excludes halogenated alkanes) is 1. The van der Waals surface area contributed by atoms with E-state index < -0.39 is 0 Å². The van der Waals surface area contributed by atoms with Gasteiger partial charge in [-0.2, -0.15) is 0 Å². The van der Waals surface area contributed by atoms with Crippen LogP contribution < -0.4 is 0 Å². The summed E-state index contributed by atoms with van der Waals surface area (Å²) in [6.07, 6.45) is 9.32. The maximum Gasteiger partial charge on any atom is 0.246 e. The molecule has 2 rings (SSSR count). The Morgan fingerprint density at radius 1 is 1.20 bits per heavy atom. The second kappa shape index (κ2) is 16.3. The number of benzene rings is 1. The zero-order valence-corrected chi connectivity index (χ0v) is 22.7. The first-order valence-electron chi connectivity index (χ1n) is 12.4. The number of ketones is 1. The molecule has 5 nitrogen and oxygen atoms in total. The summed E-state index contributed by atoms with van der Waals surface area (Å²) in [6.45, 7) is 15.3. The third-order valence-corrected chi connectivity index (χ3v) is 6.04. The molecule has 1 amide bonds. The number of amides is 1. The van der Waals surface area contributed by atoms with Crippen molar-refractivity contribution in [3.05, 3.63) is 70.8 Å². The number of allylic oxidation sites excluding steroid dienone is 2. The number of hydrogen-bond donors (Lipinski definition) is 0. The van der Waals surface area contributed by atoms with E-state index in [-0.39, 0.29) is 17.5 Å². The Kier molecular flexibility index (Phi) is 14.2. The van der Waals surface area contributed by atoms with Gasteiger partial charge in [-0.3, -0.25) is 9.59 Å². The summed E-state index contributed by atoms with van der Waals surface area (Å²) in [5.74, 6) is -0.219. The lowest BCUT2D eigenvalue weighted by molar-refractivity contribution is -0.126. The molecule has 35 heavy (non-hydrogen) atoms. The zero-order valence-electron chi connectivity index (χ0n) is 21.9. The first kappa shape index (κ1) is 30.6. The first-order valence-corrected chi connectivity index (χ1v) is 12.8. The van der Waals surface area contributed by atoms with Crippen molar-refractivity contribution < 1.29 is 14.0 Å². The van der Waals surface area contributed by atoms with Gasteiger partial charge in [-0.15, -0.1) is 0 Å². The number of piperazine rings is 1. The highest BCUT2D eigenvalue weighted by Crippen LogP contribution is 2.20. The maximum atomic E-state index is 12.5. The smallest absolute Gasteiger partial charge is 0.246 e. The van der Waals surface area contributed by atoms with Crippen LogP contribution >= 0.6 is 11.6 Å². The lowest BCUT2D eigenvalue weighted by atomic mass is 10.1. The van der Waals surface area contributed by atoms with E-state index in [1.165, 1.54) is 12.1 Å². The molecule has 1 saturated heterocycles. The fraction of sp³-hybridized carbons (Fsp3) is 0.500. The van der Waals surface area contributed by atoms with Crippen molar-refractivity contribution in [2.24, 2.45) is 0 Å². The molecule has 0 atom stereocenters. The molecule has 1 aromatic carbocycles. The molecule has 1 fully saturated rings. The van der Waals surface area contributed by atoms with E-state index in [1.807, 2.05) is 24.1 Å². The average Bonchev–Trinajstić information content (AvgIpc) is 2.82. The van der Waals surface area contributed by atoms with Crippen LogP contribution in [0.4, 0.5) is 4.39 Å². The molecule has 1 aliphatic heterocycles. The third-order valence-electron chi connectivity index (χ3n) is 5.69. The molecule has 0 radical (unpaired) electrons. The number of nitrogens with zero attached hydrogens (tertiary/aromatic N) is 3. The summed E-state index contributed by atoms with van der Waals surface area (Å²) >= 11 is 5.77. The minimum Gasteiger partial charge on any atom is -0.340 e. The van der Waals surface area contributed by atoms with E-state index in [4.69, 9.17) is 11.6 Å². The van der Waals surface area contributed by atoms with Crippen LogP contribution in [0.25, 0.3) is 0 Å². The SMILES string of the molecule is C=C1CN(C(=O)/C=C/CN(C)CC)CCN1/C(=C\CCC)C(C)=O.CCCc1ccc(F)cc1Cl. The molecule has 0 spiro atoms. The first-order chi connectivity index (χ1) is 16.6. The molecule has 1 heterocycles. The number of aryl methyl sites for hydroxylation is 1. The molecule has 0 aliphatic carbocycles. The number of carbonyl (C=O) groups is 2. The minimum absolute atomic E-state index is 0.00205. The van der Waals surface area contributed by atoms with Crippen molar-refractivity contribution in [1.29, 1.82) is 0 Å². The monoisotopic (exact) mass is 505 g/mol. The number of rotatable bonds is 10. The third kappa shape index (κ3) is 10.8. The van der Waals surface area contributed by atoms with Crippen LogP contribution in [0.2, 0.25) is 5.02 Å². The van der Waals surface area contributed by atoms with Crippen LogP contribution in [0, 0.1) is 5.82 Å². The van der Waals surface area contributed by atoms with Gasteiger partial charge in [-0.25, -0.2) is 4.39 Å².